The van der Waals surface area contributed by atoms with E-state index in [1.807, 2.05) is 17.0 Å². The van der Waals surface area contributed by atoms with Gasteiger partial charge in [0, 0.05) is 19.6 Å². The minimum absolute atomic E-state index is 0.107. The number of esters is 1. The fourth-order valence-corrected chi connectivity index (χ4v) is 3.88. The third kappa shape index (κ3) is 6.24. The number of benzene rings is 1. The number of likely N-dealkylation sites (tertiary alicyclic amines) is 1. The van der Waals surface area contributed by atoms with Gasteiger partial charge in [-0.05, 0) is 42.9 Å². The van der Waals surface area contributed by atoms with Crippen LogP contribution in [0.2, 0.25) is 0 Å². The molecule has 1 amide bonds. The minimum atomic E-state index is -0.699. The molecule has 1 aromatic carbocycles. The first-order valence-corrected chi connectivity index (χ1v) is 10.5. The molecule has 0 aromatic heterocycles. The number of methoxy groups -OCH3 is 1. The normalized spacial score (nSPS) is 20.3. The summed E-state index contributed by atoms with van der Waals surface area (Å²) in [6, 6.07) is 6.60. The first-order valence-electron chi connectivity index (χ1n) is 10.5. The molecule has 0 aliphatic carbocycles. The Morgan fingerprint density at radius 1 is 1.29 bits per heavy atom. The van der Waals surface area contributed by atoms with E-state index < -0.39 is 12.0 Å². The molecule has 2 aliphatic rings. The molecular weight excluding hydrogens is 402 g/mol. The van der Waals surface area contributed by atoms with Crippen molar-refractivity contribution in [2.75, 3.05) is 39.9 Å². The highest BCUT2D eigenvalue weighted by Gasteiger charge is 2.34. The van der Waals surface area contributed by atoms with Gasteiger partial charge in [0.2, 0.25) is 0 Å². The number of rotatable bonds is 8. The summed E-state index contributed by atoms with van der Waals surface area (Å²) in [4.78, 5) is 27.2. The Kier molecular flexibility index (Phi) is 7.56. The van der Waals surface area contributed by atoms with E-state index >= 15 is 0 Å². The van der Waals surface area contributed by atoms with Crippen LogP contribution in [-0.2, 0) is 20.7 Å². The molecule has 2 unspecified atom stereocenters. The summed E-state index contributed by atoms with van der Waals surface area (Å²) in [5.74, 6) is 0.695. The number of nitrogens with two attached hydrogens (primary N) is 2. The molecule has 1 aromatic rings. The van der Waals surface area contributed by atoms with Crippen LogP contribution < -0.4 is 16.2 Å². The molecule has 170 valence electrons. The second kappa shape index (κ2) is 10.3. The van der Waals surface area contributed by atoms with Crippen LogP contribution in [0.1, 0.15) is 18.4 Å². The molecule has 0 bridgehead atoms. The topological polar surface area (TPSA) is 144 Å². The van der Waals surface area contributed by atoms with Crippen molar-refractivity contribution in [1.29, 1.82) is 5.41 Å². The molecule has 31 heavy (non-hydrogen) atoms. The van der Waals surface area contributed by atoms with Gasteiger partial charge in [-0.2, -0.15) is 0 Å². The van der Waals surface area contributed by atoms with E-state index in [1.54, 1.807) is 17.0 Å². The molecule has 2 fully saturated rings. The minimum Gasteiger partial charge on any atom is -0.490 e. The third-order valence-corrected chi connectivity index (χ3v) is 5.70. The van der Waals surface area contributed by atoms with Crippen LogP contribution in [0.4, 0.5) is 4.79 Å². The smallest absolute Gasteiger partial charge is 0.410 e. The average molecular weight is 434 g/mol. The fourth-order valence-electron chi connectivity index (χ4n) is 3.88. The Morgan fingerprint density at radius 2 is 1.97 bits per heavy atom. The average Bonchev–Trinajstić information content (AvgIpc) is 3.12. The third-order valence-electron chi connectivity index (χ3n) is 5.70. The van der Waals surface area contributed by atoms with E-state index in [0.717, 1.165) is 31.5 Å². The van der Waals surface area contributed by atoms with Gasteiger partial charge in [-0.15, -0.1) is 0 Å². The number of piperidine rings is 1. The molecule has 2 atom stereocenters. The summed E-state index contributed by atoms with van der Waals surface area (Å²) >= 11 is 0. The number of ether oxygens (including phenoxy) is 3. The monoisotopic (exact) mass is 433 g/mol. The Hall–Kier alpha value is -3.01. The van der Waals surface area contributed by atoms with Crippen LogP contribution >= 0.6 is 0 Å². The van der Waals surface area contributed by atoms with Crippen LogP contribution in [0.3, 0.4) is 0 Å². The van der Waals surface area contributed by atoms with Crippen LogP contribution in [0.5, 0.6) is 5.75 Å². The van der Waals surface area contributed by atoms with Crippen LogP contribution in [0, 0.1) is 11.3 Å². The summed E-state index contributed by atoms with van der Waals surface area (Å²) in [7, 11) is 1.31. The lowest BCUT2D eigenvalue weighted by Gasteiger charge is -2.33. The zero-order valence-corrected chi connectivity index (χ0v) is 17.8. The van der Waals surface area contributed by atoms with Crippen molar-refractivity contribution in [2.45, 2.75) is 31.4 Å². The van der Waals surface area contributed by atoms with Gasteiger partial charge in [-0.3, -0.25) is 10.2 Å². The van der Waals surface area contributed by atoms with Gasteiger partial charge in [0.25, 0.3) is 0 Å². The van der Waals surface area contributed by atoms with Gasteiger partial charge in [0.15, 0.2) is 12.1 Å². The van der Waals surface area contributed by atoms with E-state index in [2.05, 4.69) is 4.74 Å². The lowest BCUT2D eigenvalue weighted by molar-refractivity contribution is -0.142. The summed E-state index contributed by atoms with van der Waals surface area (Å²) in [5.41, 5.74) is 12.2. The number of hydrogen-bond donors (Lipinski definition) is 3. The molecule has 2 saturated heterocycles. The molecule has 2 heterocycles. The van der Waals surface area contributed by atoms with Crippen LogP contribution in [0.15, 0.2) is 24.3 Å². The molecule has 0 radical (unpaired) electrons. The largest absolute Gasteiger partial charge is 0.490 e. The van der Waals surface area contributed by atoms with Crippen molar-refractivity contribution in [3.8, 4) is 5.75 Å². The second-order valence-corrected chi connectivity index (χ2v) is 8.02. The van der Waals surface area contributed by atoms with E-state index in [0.29, 0.717) is 31.2 Å². The number of amides is 1. The van der Waals surface area contributed by atoms with Gasteiger partial charge in [-0.25, -0.2) is 4.79 Å². The van der Waals surface area contributed by atoms with Crippen molar-refractivity contribution < 1.29 is 23.8 Å². The number of guanidine groups is 1. The molecule has 2 aliphatic heterocycles. The lowest BCUT2D eigenvalue weighted by atomic mass is 9.96. The first kappa shape index (κ1) is 22.7. The highest BCUT2D eigenvalue weighted by molar-refractivity contribution is 5.75. The summed E-state index contributed by atoms with van der Waals surface area (Å²) in [6.45, 7) is 2.91. The van der Waals surface area contributed by atoms with Crippen molar-refractivity contribution >= 4 is 18.0 Å². The van der Waals surface area contributed by atoms with E-state index in [1.165, 1.54) is 7.11 Å². The molecule has 3 rings (SSSR count). The predicted octanol–water partition coefficient (Wildman–Crippen LogP) is 0.534. The number of carbonyl (C=O) groups excluding carboxylic acids is 2. The van der Waals surface area contributed by atoms with Gasteiger partial charge >= 0.3 is 12.1 Å². The van der Waals surface area contributed by atoms with Crippen molar-refractivity contribution in [3.63, 3.8) is 0 Å². The quantitative estimate of drug-likeness (QED) is 0.306. The zero-order chi connectivity index (χ0) is 22.4. The Morgan fingerprint density at radius 3 is 2.58 bits per heavy atom. The van der Waals surface area contributed by atoms with Gasteiger partial charge in [0.05, 0.1) is 13.7 Å². The first-order chi connectivity index (χ1) is 14.9. The van der Waals surface area contributed by atoms with Crippen LogP contribution in [0.25, 0.3) is 0 Å². The SMILES string of the molecule is COC(=O)C(N)Cc1ccc(OCC2CN(CC3CCN(C(=N)N)CC3)C(=O)O2)cc1. The summed E-state index contributed by atoms with van der Waals surface area (Å²) in [5, 5.41) is 7.50. The van der Waals surface area contributed by atoms with Crippen LogP contribution in [-0.4, -0.2) is 79.9 Å². The zero-order valence-electron chi connectivity index (χ0n) is 17.8. The van der Waals surface area contributed by atoms with Gasteiger partial charge in [0.1, 0.15) is 18.4 Å². The maximum atomic E-state index is 12.2. The van der Waals surface area contributed by atoms with E-state index in [-0.39, 0.29) is 24.8 Å². The standard InChI is InChI=1S/C21H31N5O5/c1-29-19(27)18(22)10-14-2-4-16(5-3-14)30-13-17-12-26(21(28)31-17)11-15-6-8-25(9-7-15)20(23)24/h2-5,15,17-18H,6-13,22H2,1H3,(H3,23,24). The highest BCUT2D eigenvalue weighted by Crippen LogP contribution is 2.22. The Bertz CT molecular complexity index is 779. The summed E-state index contributed by atoms with van der Waals surface area (Å²) < 4.78 is 15.8. The maximum Gasteiger partial charge on any atom is 0.410 e. The number of hydrogen-bond acceptors (Lipinski definition) is 7. The molecule has 0 saturated carbocycles. The van der Waals surface area contributed by atoms with E-state index in [9.17, 15) is 9.59 Å². The van der Waals surface area contributed by atoms with Gasteiger partial charge < -0.3 is 35.5 Å². The molecule has 10 heteroatoms. The lowest BCUT2D eigenvalue weighted by Crippen LogP contribution is -2.44. The number of carbonyl (C=O) groups is 2. The summed E-state index contributed by atoms with van der Waals surface area (Å²) in [6.07, 6.45) is 1.55. The fraction of sp³-hybridized carbons (Fsp3) is 0.571. The Labute approximate surface area is 181 Å². The van der Waals surface area contributed by atoms with E-state index in [4.69, 9.17) is 26.4 Å². The number of nitrogens with one attached hydrogen (secondary N) is 1. The molecule has 5 N–H and O–H groups in total. The van der Waals surface area contributed by atoms with Crippen molar-refractivity contribution in [1.82, 2.24) is 9.80 Å². The Balaban J connectivity index is 1.41. The van der Waals surface area contributed by atoms with Crippen molar-refractivity contribution in [3.05, 3.63) is 29.8 Å². The number of nitrogens with zero attached hydrogens (tertiary/aromatic N) is 2. The number of cyclic esters (lactones) is 1. The molecule has 10 nitrogen and oxygen atoms in total. The molecular formula is C21H31N5O5. The molecule has 0 spiro atoms. The highest BCUT2D eigenvalue weighted by atomic mass is 16.6. The predicted molar refractivity (Wildman–Crippen MR) is 114 cm³/mol. The second-order valence-electron chi connectivity index (χ2n) is 8.02. The maximum absolute atomic E-state index is 12.2. The van der Waals surface area contributed by atoms with Gasteiger partial charge in [-0.1, -0.05) is 12.1 Å². The van der Waals surface area contributed by atoms with Crippen molar-refractivity contribution in [2.24, 2.45) is 17.4 Å².